The number of benzene rings is 7. The van der Waals surface area contributed by atoms with Crippen molar-refractivity contribution in [2.24, 2.45) is 0 Å². The molecule has 0 radical (unpaired) electrons. The van der Waals surface area contributed by atoms with Crippen LogP contribution in [0.3, 0.4) is 0 Å². The van der Waals surface area contributed by atoms with Gasteiger partial charge in [-0.25, -0.2) is 19.5 Å². The van der Waals surface area contributed by atoms with Gasteiger partial charge in [0.1, 0.15) is 5.82 Å². The van der Waals surface area contributed by atoms with Crippen molar-refractivity contribution in [1.29, 1.82) is 0 Å². The van der Waals surface area contributed by atoms with Gasteiger partial charge in [0.2, 0.25) is 25.6 Å². The molecule has 5 heterocycles. The topological polar surface area (TPSA) is 70.2 Å². The van der Waals surface area contributed by atoms with E-state index in [0.717, 1.165) is 66.8 Å². The molecule has 0 bridgehead atoms. The molecule has 12 aromatic rings. The van der Waals surface area contributed by atoms with E-state index in [1.807, 2.05) is 12.1 Å². The summed E-state index contributed by atoms with van der Waals surface area (Å²) in [5, 5.41) is 4.62. The van der Waals surface area contributed by atoms with E-state index in [1.54, 1.807) is 0 Å². The molecule has 0 saturated heterocycles. The van der Waals surface area contributed by atoms with E-state index in [9.17, 15) is 0 Å². The zero-order valence-corrected chi connectivity index (χ0v) is 31.6. The van der Waals surface area contributed by atoms with Crippen molar-refractivity contribution < 1.29 is 0 Å². The first-order valence-electron chi connectivity index (χ1n) is 19.1. The van der Waals surface area contributed by atoms with Crippen LogP contribution in [0.5, 0.6) is 0 Å². The highest BCUT2D eigenvalue weighted by Crippen LogP contribution is 2.31. The van der Waals surface area contributed by atoms with Crippen molar-refractivity contribution in [3.05, 3.63) is 194 Å². The van der Waals surface area contributed by atoms with Gasteiger partial charge in [-0.2, -0.15) is 4.98 Å². The number of nitrogens with zero attached hydrogens (tertiary/aromatic N) is 8. The van der Waals surface area contributed by atoms with Gasteiger partial charge in [-0.05, 0) is 64.1 Å². The highest BCUT2D eigenvalue weighted by atomic mass is 28.3. The third-order valence-corrected chi connectivity index (χ3v) is 16.0. The molecule has 9 heteroatoms. The SMILES string of the molecule is c1ccc([Si](c2ccccc2)(c2ccccc2)c2cc(-n3c4ccccc4n4c5ccccc5nc34)nc(-n3c4ccccc4n4c5ccccc5nc34)n2)cc1. The molecular formula is C48H32N8Si. The van der Waals surface area contributed by atoms with Gasteiger partial charge in [-0.1, -0.05) is 140 Å². The van der Waals surface area contributed by atoms with Crippen LogP contribution in [0.2, 0.25) is 0 Å². The minimum atomic E-state index is -3.15. The second-order valence-corrected chi connectivity index (χ2v) is 18.1. The number of fused-ring (bicyclic) bond motifs is 10. The van der Waals surface area contributed by atoms with Crippen molar-refractivity contribution in [1.82, 2.24) is 37.9 Å². The molecule has 0 unspecified atom stereocenters. The standard InChI is InChI=1S/C48H32N8Si/c1-4-18-33(19-5-1)57(34-20-6-2-7-21-34,35-22-8-3-9-23-35)45-32-44(55-42-30-16-14-28-40(42)53-38-26-12-10-24-36(38)49-47(53)55)51-46(52-45)56-43-31-17-15-29-41(43)54-39-27-13-11-25-37(39)50-48(54)56/h1-32H. The van der Waals surface area contributed by atoms with E-state index in [0.29, 0.717) is 5.95 Å². The van der Waals surface area contributed by atoms with Crippen molar-refractivity contribution in [2.45, 2.75) is 0 Å². The summed E-state index contributed by atoms with van der Waals surface area (Å²) < 4.78 is 8.80. The highest BCUT2D eigenvalue weighted by Gasteiger charge is 2.44. The quantitative estimate of drug-likeness (QED) is 0.132. The molecule has 0 saturated carbocycles. The molecule has 0 aliphatic heterocycles. The normalized spacial score (nSPS) is 12.2. The van der Waals surface area contributed by atoms with E-state index in [2.05, 4.69) is 200 Å². The van der Waals surface area contributed by atoms with Crippen LogP contribution in [0.4, 0.5) is 0 Å². The maximum Gasteiger partial charge on any atom is 0.238 e. The van der Waals surface area contributed by atoms with Gasteiger partial charge in [0.25, 0.3) is 0 Å². The Morgan fingerprint density at radius 1 is 0.333 bits per heavy atom. The number of aromatic nitrogens is 8. The van der Waals surface area contributed by atoms with Gasteiger partial charge in [-0.3, -0.25) is 13.4 Å². The Bertz CT molecular complexity index is 3210. The average Bonchev–Trinajstić information content (AvgIpc) is 4.01. The predicted molar refractivity (Wildman–Crippen MR) is 232 cm³/mol. The fourth-order valence-corrected chi connectivity index (χ4v) is 13.5. The second-order valence-electron chi connectivity index (χ2n) is 14.4. The smallest absolute Gasteiger partial charge is 0.238 e. The Morgan fingerprint density at radius 3 is 1.21 bits per heavy atom. The van der Waals surface area contributed by atoms with E-state index in [1.165, 1.54) is 15.6 Å². The Morgan fingerprint density at radius 2 is 0.719 bits per heavy atom. The molecule has 0 amide bonds. The number of para-hydroxylation sites is 8. The molecule has 7 aromatic carbocycles. The summed E-state index contributed by atoms with van der Waals surface area (Å²) in [5.41, 5.74) is 7.95. The maximum atomic E-state index is 5.78. The van der Waals surface area contributed by atoms with E-state index in [4.69, 9.17) is 19.9 Å². The number of hydrogen-bond donors (Lipinski definition) is 0. The zero-order chi connectivity index (χ0) is 37.5. The highest BCUT2D eigenvalue weighted by molar-refractivity contribution is 7.19. The molecule has 57 heavy (non-hydrogen) atoms. The van der Waals surface area contributed by atoms with Gasteiger partial charge in [-0.15, -0.1) is 0 Å². The van der Waals surface area contributed by atoms with Crippen molar-refractivity contribution in [3.63, 3.8) is 0 Å². The fraction of sp³-hybridized carbons (Fsp3) is 0. The third kappa shape index (κ3) is 4.48. The minimum absolute atomic E-state index is 0.538. The molecule has 0 spiro atoms. The molecule has 0 N–H and O–H groups in total. The Kier molecular flexibility index (Phi) is 6.78. The van der Waals surface area contributed by atoms with Crippen molar-refractivity contribution >= 4 is 84.6 Å². The lowest BCUT2D eigenvalue weighted by molar-refractivity contribution is 0.936. The lowest BCUT2D eigenvalue weighted by atomic mass is 10.3. The minimum Gasteiger partial charge on any atom is -0.276 e. The van der Waals surface area contributed by atoms with Crippen LogP contribution in [-0.4, -0.2) is 45.9 Å². The van der Waals surface area contributed by atoms with Crippen LogP contribution >= 0.6 is 0 Å². The number of rotatable bonds is 6. The summed E-state index contributed by atoms with van der Waals surface area (Å²) in [6.07, 6.45) is 0. The van der Waals surface area contributed by atoms with Crippen LogP contribution in [0.25, 0.3) is 67.5 Å². The molecule has 5 aromatic heterocycles. The maximum absolute atomic E-state index is 5.78. The first-order chi connectivity index (χ1) is 28.3. The van der Waals surface area contributed by atoms with Crippen LogP contribution in [0, 0.1) is 0 Å². The van der Waals surface area contributed by atoms with Crippen LogP contribution in [-0.2, 0) is 0 Å². The van der Waals surface area contributed by atoms with E-state index >= 15 is 0 Å². The summed E-state index contributed by atoms with van der Waals surface area (Å²) in [7, 11) is -3.15. The van der Waals surface area contributed by atoms with Crippen LogP contribution < -0.4 is 20.9 Å². The molecular weight excluding hydrogens is 717 g/mol. The van der Waals surface area contributed by atoms with Gasteiger partial charge < -0.3 is 0 Å². The van der Waals surface area contributed by atoms with Gasteiger partial charge in [0.15, 0.2) is 0 Å². The van der Waals surface area contributed by atoms with E-state index < -0.39 is 8.07 Å². The van der Waals surface area contributed by atoms with Gasteiger partial charge in [0, 0.05) is 11.4 Å². The van der Waals surface area contributed by atoms with Crippen molar-refractivity contribution in [3.8, 4) is 11.8 Å². The molecule has 12 rings (SSSR count). The molecule has 8 nitrogen and oxygen atoms in total. The van der Waals surface area contributed by atoms with Crippen molar-refractivity contribution in [2.75, 3.05) is 0 Å². The molecule has 268 valence electrons. The second kappa shape index (κ2) is 12.2. The Labute approximate surface area is 327 Å². The number of hydrogen-bond acceptors (Lipinski definition) is 4. The molecule has 0 atom stereocenters. The lowest BCUT2D eigenvalue weighted by Crippen LogP contribution is -2.75. The zero-order valence-electron chi connectivity index (χ0n) is 30.6. The summed E-state index contributed by atoms with van der Waals surface area (Å²) in [6, 6.07) is 68.5. The Balaban J connectivity index is 1.29. The molecule has 0 aliphatic carbocycles. The largest absolute Gasteiger partial charge is 0.276 e. The van der Waals surface area contributed by atoms with Crippen LogP contribution in [0.1, 0.15) is 0 Å². The summed E-state index contributed by atoms with van der Waals surface area (Å²) in [6.45, 7) is 0. The summed E-state index contributed by atoms with van der Waals surface area (Å²) in [4.78, 5) is 21.9. The van der Waals surface area contributed by atoms with Crippen LogP contribution in [0.15, 0.2) is 194 Å². The predicted octanol–water partition coefficient (Wildman–Crippen LogP) is 7.34. The summed E-state index contributed by atoms with van der Waals surface area (Å²) in [5.74, 6) is 2.80. The summed E-state index contributed by atoms with van der Waals surface area (Å²) >= 11 is 0. The lowest BCUT2D eigenvalue weighted by Gasteiger charge is -2.33. The van der Waals surface area contributed by atoms with Gasteiger partial charge >= 0.3 is 0 Å². The first kappa shape index (κ1) is 31.7. The van der Waals surface area contributed by atoms with Gasteiger partial charge in [0.05, 0.1) is 44.1 Å². The number of imidazole rings is 4. The first-order valence-corrected chi connectivity index (χ1v) is 21.1. The third-order valence-electron chi connectivity index (χ3n) is 11.3. The Hall–Kier alpha value is -7.62. The average molecular weight is 749 g/mol. The van der Waals surface area contributed by atoms with E-state index in [-0.39, 0.29) is 0 Å². The molecule has 0 fully saturated rings. The molecule has 0 aliphatic rings. The fourth-order valence-electron chi connectivity index (χ4n) is 8.96. The monoisotopic (exact) mass is 748 g/mol.